The molecule has 5 nitrogen and oxygen atoms in total. The van der Waals surface area contributed by atoms with Crippen LogP contribution in [0.3, 0.4) is 0 Å². The van der Waals surface area contributed by atoms with E-state index < -0.39 is 0 Å². The maximum absolute atomic E-state index is 8.53. The van der Waals surface area contributed by atoms with Crippen molar-refractivity contribution in [3.8, 4) is 6.07 Å². The predicted octanol–water partition coefficient (Wildman–Crippen LogP) is 1.20. The van der Waals surface area contributed by atoms with E-state index >= 15 is 0 Å². The Morgan fingerprint density at radius 2 is 2.22 bits per heavy atom. The first kappa shape index (κ1) is 13.9. The molecule has 1 aromatic carbocycles. The molecule has 0 saturated heterocycles. The molecule has 3 N–H and O–H groups in total. The van der Waals surface area contributed by atoms with Gasteiger partial charge in [0, 0.05) is 19.3 Å². The molecule has 6 heteroatoms. The second-order valence-corrected chi connectivity index (χ2v) is 4.10. The summed E-state index contributed by atoms with van der Waals surface area (Å²) in [6, 6.07) is 9.93. The van der Waals surface area contributed by atoms with Crippen LogP contribution in [0.15, 0.2) is 29.4 Å². The fraction of sp³-hybridized carbons (Fsp3) is 0.250. The molecular weight excluding hydrogens is 246 g/mol. The van der Waals surface area contributed by atoms with E-state index in [2.05, 4.69) is 28.8 Å². The van der Waals surface area contributed by atoms with Crippen molar-refractivity contribution in [1.82, 2.24) is 5.43 Å². The number of nitrogens with zero attached hydrogens (tertiary/aromatic N) is 3. The third-order valence-electron chi connectivity index (χ3n) is 2.28. The van der Waals surface area contributed by atoms with Crippen molar-refractivity contribution in [3.63, 3.8) is 0 Å². The monoisotopic (exact) mass is 261 g/mol. The summed E-state index contributed by atoms with van der Waals surface area (Å²) in [5.41, 5.74) is 9.73. The van der Waals surface area contributed by atoms with Crippen LogP contribution in [0.2, 0.25) is 0 Å². The number of nitrogens with two attached hydrogens (primary N) is 1. The molecule has 0 heterocycles. The summed E-state index contributed by atoms with van der Waals surface area (Å²) in [5.74, 6) is 0. The van der Waals surface area contributed by atoms with Crippen LogP contribution in [0.5, 0.6) is 0 Å². The molecule has 1 rings (SSSR count). The van der Waals surface area contributed by atoms with E-state index in [1.54, 1.807) is 6.21 Å². The summed E-state index contributed by atoms with van der Waals surface area (Å²) < 4.78 is 0. The van der Waals surface area contributed by atoms with Gasteiger partial charge in [0.05, 0.1) is 18.7 Å². The van der Waals surface area contributed by atoms with Crippen molar-refractivity contribution in [3.05, 3.63) is 29.8 Å². The summed E-state index contributed by atoms with van der Waals surface area (Å²) in [7, 11) is 1.95. The van der Waals surface area contributed by atoms with Gasteiger partial charge in [0.25, 0.3) is 0 Å². The van der Waals surface area contributed by atoms with E-state index in [4.69, 9.17) is 11.0 Å². The lowest BCUT2D eigenvalue weighted by Gasteiger charge is -2.17. The quantitative estimate of drug-likeness (QED) is 0.473. The van der Waals surface area contributed by atoms with Crippen molar-refractivity contribution >= 4 is 29.2 Å². The van der Waals surface area contributed by atoms with Gasteiger partial charge in [-0.1, -0.05) is 12.1 Å². The van der Waals surface area contributed by atoms with Gasteiger partial charge in [-0.15, -0.1) is 0 Å². The van der Waals surface area contributed by atoms with E-state index in [0.717, 1.165) is 11.3 Å². The Morgan fingerprint density at radius 1 is 1.56 bits per heavy atom. The van der Waals surface area contributed by atoms with Crippen molar-refractivity contribution in [2.24, 2.45) is 10.8 Å². The summed E-state index contributed by atoms with van der Waals surface area (Å²) in [6.07, 6.45) is 2.15. The SMILES string of the molecule is CN(CCC#N)c1ccc(C=NNC(N)=S)cc1. The molecule has 0 saturated carbocycles. The highest BCUT2D eigenvalue weighted by Gasteiger charge is 1.99. The van der Waals surface area contributed by atoms with E-state index in [1.165, 1.54) is 0 Å². The molecular formula is C12H15N5S. The first-order valence-electron chi connectivity index (χ1n) is 5.40. The summed E-state index contributed by atoms with van der Waals surface area (Å²) in [4.78, 5) is 2.03. The highest BCUT2D eigenvalue weighted by Crippen LogP contribution is 2.13. The van der Waals surface area contributed by atoms with E-state index in [-0.39, 0.29) is 5.11 Å². The normalized spacial score (nSPS) is 10.0. The maximum Gasteiger partial charge on any atom is 0.184 e. The molecule has 0 radical (unpaired) electrons. The first-order valence-corrected chi connectivity index (χ1v) is 5.81. The summed E-state index contributed by atoms with van der Waals surface area (Å²) >= 11 is 4.63. The maximum atomic E-state index is 8.53. The average molecular weight is 261 g/mol. The number of nitriles is 1. The number of anilines is 1. The Balaban J connectivity index is 2.60. The lowest BCUT2D eigenvalue weighted by Crippen LogP contribution is -2.24. The minimum atomic E-state index is 0.138. The van der Waals surface area contributed by atoms with Gasteiger partial charge >= 0.3 is 0 Å². The number of hydrogen-bond donors (Lipinski definition) is 2. The summed E-state index contributed by atoms with van der Waals surface area (Å²) in [6.45, 7) is 0.715. The Morgan fingerprint density at radius 3 is 2.78 bits per heavy atom. The molecule has 1 aromatic rings. The standard InChI is InChI=1S/C12H15N5S/c1-17(8-2-7-13)11-5-3-10(4-6-11)9-15-16-12(14)18/h3-6,9H,2,8H2,1H3,(H3,14,16,18). The second-order valence-electron chi connectivity index (χ2n) is 3.66. The van der Waals surface area contributed by atoms with Crippen LogP contribution in [0.1, 0.15) is 12.0 Å². The van der Waals surface area contributed by atoms with Crippen molar-refractivity contribution in [1.29, 1.82) is 5.26 Å². The molecule has 0 bridgehead atoms. The third-order valence-corrected chi connectivity index (χ3v) is 2.37. The van der Waals surface area contributed by atoms with Gasteiger partial charge in [-0.2, -0.15) is 10.4 Å². The number of nitrogens with one attached hydrogen (secondary N) is 1. The van der Waals surface area contributed by atoms with Gasteiger partial charge in [-0.05, 0) is 29.9 Å². The number of hydrazone groups is 1. The first-order chi connectivity index (χ1) is 8.63. The van der Waals surface area contributed by atoms with Crippen molar-refractivity contribution in [2.75, 3.05) is 18.5 Å². The topological polar surface area (TPSA) is 77.4 Å². The molecule has 18 heavy (non-hydrogen) atoms. The molecule has 0 spiro atoms. The van der Waals surface area contributed by atoms with Gasteiger partial charge in [0.1, 0.15) is 0 Å². The van der Waals surface area contributed by atoms with Crippen LogP contribution in [0.25, 0.3) is 0 Å². The number of rotatable bonds is 5. The van der Waals surface area contributed by atoms with Crippen LogP contribution >= 0.6 is 12.2 Å². The van der Waals surface area contributed by atoms with Crippen molar-refractivity contribution < 1.29 is 0 Å². The number of thiocarbonyl (C=S) groups is 1. The van der Waals surface area contributed by atoms with Crippen LogP contribution in [0.4, 0.5) is 5.69 Å². The number of benzene rings is 1. The number of hydrogen-bond acceptors (Lipinski definition) is 4. The molecule has 0 amide bonds. The predicted molar refractivity (Wildman–Crippen MR) is 77.5 cm³/mol. The second kappa shape index (κ2) is 7.25. The van der Waals surface area contributed by atoms with Crippen LogP contribution in [-0.4, -0.2) is 24.9 Å². The van der Waals surface area contributed by atoms with E-state index in [0.29, 0.717) is 13.0 Å². The molecule has 0 aliphatic heterocycles. The molecule has 0 aliphatic rings. The molecule has 94 valence electrons. The minimum Gasteiger partial charge on any atom is -0.375 e. The zero-order valence-electron chi connectivity index (χ0n) is 10.1. The fourth-order valence-electron chi connectivity index (χ4n) is 1.33. The summed E-state index contributed by atoms with van der Waals surface area (Å²) in [5, 5.41) is 12.5. The molecule has 0 atom stereocenters. The largest absolute Gasteiger partial charge is 0.375 e. The van der Waals surface area contributed by atoms with Gasteiger partial charge in [0.15, 0.2) is 5.11 Å². The molecule has 0 unspecified atom stereocenters. The van der Waals surface area contributed by atoms with Crippen LogP contribution in [0, 0.1) is 11.3 Å². The Labute approximate surface area is 112 Å². The molecule has 0 aromatic heterocycles. The Hall–Kier alpha value is -2.13. The van der Waals surface area contributed by atoms with Gasteiger partial charge in [0.2, 0.25) is 0 Å². The molecule has 0 aliphatic carbocycles. The van der Waals surface area contributed by atoms with E-state index in [9.17, 15) is 0 Å². The van der Waals surface area contributed by atoms with Gasteiger partial charge in [-0.25, -0.2) is 0 Å². The van der Waals surface area contributed by atoms with Gasteiger partial charge in [-0.3, -0.25) is 5.43 Å². The third kappa shape index (κ3) is 4.80. The fourth-order valence-corrected chi connectivity index (χ4v) is 1.38. The van der Waals surface area contributed by atoms with Crippen LogP contribution in [-0.2, 0) is 0 Å². The Kier molecular flexibility index (Phi) is 5.61. The average Bonchev–Trinajstić information content (AvgIpc) is 2.36. The minimum absolute atomic E-state index is 0.138. The highest BCUT2D eigenvalue weighted by molar-refractivity contribution is 7.80. The zero-order valence-corrected chi connectivity index (χ0v) is 10.9. The lowest BCUT2D eigenvalue weighted by atomic mass is 10.2. The molecule has 0 fully saturated rings. The zero-order chi connectivity index (χ0) is 13.4. The van der Waals surface area contributed by atoms with E-state index in [1.807, 2.05) is 36.2 Å². The van der Waals surface area contributed by atoms with Crippen LogP contribution < -0.4 is 16.1 Å². The highest BCUT2D eigenvalue weighted by atomic mass is 32.1. The Bertz CT molecular complexity index is 460. The van der Waals surface area contributed by atoms with Crippen molar-refractivity contribution in [2.45, 2.75) is 6.42 Å². The lowest BCUT2D eigenvalue weighted by molar-refractivity contribution is 0.905. The smallest absolute Gasteiger partial charge is 0.184 e. The van der Waals surface area contributed by atoms with Gasteiger partial charge < -0.3 is 10.6 Å².